The molecule has 0 bridgehead atoms. The lowest BCUT2D eigenvalue weighted by Crippen LogP contribution is -2.40. The summed E-state index contributed by atoms with van der Waals surface area (Å²) in [5, 5.41) is 1.83. The van der Waals surface area contributed by atoms with Crippen molar-refractivity contribution in [3.05, 3.63) is 29.3 Å². The van der Waals surface area contributed by atoms with E-state index in [2.05, 4.69) is 4.98 Å². The number of carbonyl (C=O) groups excluding carboxylic acids is 1. The minimum atomic E-state index is -0.553. The second-order valence-electron chi connectivity index (χ2n) is 5.18. The third-order valence-electron chi connectivity index (χ3n) is 2.27. The van der Waals surface area contributed by atoms with Crippen LogP contribution in [0.2, 0.25) is 0 Å². The van der Waals surface area contributed by atoms with E-state index in [1.165, 1.54) is 11.3 Å². The van der Waals surface area contributed by atoms with Crippen LogP contribution >= 0.6 is 11.3 Å². The van der Waals surface area contributed by atoms with Crippen LogP contribution in [0.25, 0.3) is 10.2 Å². The van der Waals surface area contributed by atoms with Gasteiger partial charge < -0.3 is 4.74 Å². The number of hydrogen-bond donors (Lipinski definition) is 1. The molecular formula is C13H17N3O2S. The molecule has 2 aromatic rings. The Morgan fingerprint density at radius 3 is 2.74 bits per heavy atom. The summed E-state index contributed by atoms with van der Waals surface area (Å²) in [7, 11) is 0. The molecule has 102 valence electrons. The third kappa shape index (κ3) is 3.65. The molecule has 2 N–H and O–H groups in total. The van der Waals surface area contributed by atoms with E-state index in [-0.39, 0.29) is 6.54 Å². The number of hydrazine groups is 1. The molecule has 0 fully saturated rings. The van der Waals surface area contributed by atoms with Gasteiger partial charge in [0.25, 0.3) is 0 Å². The Kier molecular flexibility index (Phi) is 3.73. The molecule has 1 heterocycles. The van der Waals surface area contributed by atoms with E-state index in [0.717, 1.165) is 20.2 Å². The Balaban J connectivity index is 2.06. The van der Waals surface area contributed by atoms with Crippen LogP contribution in [0.3, 0.4) is 0 Å². The predicted octanol–water partition coefficient (Wildman–Crippen LogP) is 2.91. The summed E-state index contributed by atoms with van der Waals surface area (Å²) in [4.78, 5) is 16.2. The number of carbonyl (C=O) groups is 1. The number of aromatic nitrogens is 1. The average molecular weight is 279 g/mol. The Hall–Kier alpha value is -1.66. The molecule has 1 aromatic carbocycles. The van der Waals surface area contributed by atoms with Gasteiger partial charge in [-0.3, -0.25) is 0 Å². The number of ether oxygens (including phenoxy) is 1. The minimum absolute atomic E-state index is 0.244. The zero-order chi connectivity index (χ0) is 14.0. The maximum absolute atomic E-state index is 11.7. The van der Waals surface area contributed by atoms with Crippen molar-refractivity contribution < 1.29 is 9.53 Å². The standard InChI is InChI=1S/C13H17N3O2S/c1-13(2,3)18-12(17)16(14)8-11-15-9-6-4-5-7-10(9)19-11/h4-7H,8,14H2,1-3H3. The van der Waals surface area contributed by atoms with Gasteiger partial charge in [-0.05, 0) is 32.9 Å². The first-order valence-electron chi connectivity index (χ1n) is 5.95. The maximum Gasteiger partial charge on any atom is 0.424 e. The van der Waals surface area contributed by atoms with Crippen molar-refractivity contribution in [2.45, 2.75) is 32.9 Å². The van der Waals surface area contributed by atoms with Gasteiger partial charge in [-0.15, -0.1) is 11.3 Å². The monoisotopic (exact) mass is 279 g/mol. The van der Waals surface area contributed by atoms with Gasteiger partial charge in [0, 0.05) is 0 Å². The van der Waals surface area contributed by atoms with Crippen molar-refractivity contribution >= 4 is 27.6 Å². The lowest BCUT2D eigenvalue weighted by Gasteiger charge is -2.23. The average Bonchev–Trinajstić information content (AvgIpc) is 2.68. The molecule has 2 rings (SSSR count). The van der Waals surface area contributed by atoms with E-state index in [1.54, 1.807) is 20.8 Å². The van der Waals surface area contributed by atoms with Gasteiger partial charge in [0.15, 0.2) is 0 Å². The van der Waals surface area contributed by atoms with Crippen LogP contribution in [0, 0.1) is 0 Å². The van der Waals surface area contributed by atoms with Crippen molar-refractivity contribution in [3.8, 4) is 0 Å². The molecule has 6 heteroatoms. The van der Waals surface area contributed by atoms with Gasteiger partial charge in [0.2, 0.25) is 0 Å². The second kappa shape index (κ2) is 5.14. The van der Waals surface area contributed by atoms with Crippen molar-refractivity contribution in [3.63, 3.8) is 0 Å². The highest BCUT2D eigenvalue weighted by molar-refractivity contribution is 7.18. The minimum Gasteiger partial charge on any atom is -0.443 e. The zero-order valence-corrected chi connectivity index (χ0v) is 12.0. The second-order valence-corrected chi connectivity index (χ2v) is 6.30. The Bertz CT molecular complexity index is 556. The first kappa shape index (κ1) is 13.8. The number of thiazole rings is 1. The van der Waals surface area contributed by atoms with E-state index in [0.29, 0.717) is 0 Å². The summed E-state index contributed by atoms with van der Waals surface area (Å²) < 4.78 is 6.26. The maximum atomic E-state index is 11.7. The van der Waals surface area contributed by atoms with E-state index in [1.807, 2.05) is 24.3 Å². The highest BCUT2D eigenvalue weighted by Crippen LogP contribution is 2.22. The van der Waals surface area contributed by atoms with Crippen LogP contribution in [-0.4, -0.2) is 21.7 Å². The Labute approximate surface area is 116 Å². The van der Waals surface area contributed by atoms with Crippen LogP contribution in [0.4, 0.5) is 4.79 Å². The van der Waals surface area contributed by atoms with E-state index in [4.69, 9.17) is 10.6 Å². The zero-order valence-electron chi connectivity index (χ0n) is 11.2. The van der Waals surface area contributed by atoms with Crippen LogP contribution in [0.15, 0.2) is 24.3 Å². The van der Waals surface area contributed by atoms with Gasteiger partial charge in [-0.2, -0.15) is 0 Å². The topological polar surface area (TPSA) is 68.5 Å². The molecule has 0 spiro atoms. The van der Waals surface area contributed by atoms with Crippen LogP contribution < -0.4 is 5.84 Å². The van der Waals surface area contributed by atoms with E-state index in [9.17, 15) is 4.79 Å². The fourth-order valence-electron chi connectivity index (χ4n) is 1.52. The number of rotatable bonds is 2. The normalized spacial score (nSPS) is 11.6. The van der Waals surface area contributed by atoms with Gasteiger partial charge in [0.1, 0.15) is 10.6 Å². The fraction of sp³-hybridized carbons (Fsp3) is 0.385. The highest BCUT2D eigenvalue weighted by Gasteiger charge is 2.21. The number of amides is 1. The predicted molar refractivity (Wildman–Crippen MR) is 75.6 cm³/mol. The van der Waals surface area contributed by atoms with E-state index >= 15 is 0 Å². The molecule has 0 radical (unpaired) electrons. The third-order valence-corrected chi connectivity index (χ3v) is 3.29. The number of nitrogens with zero attached hydrogens (tertiary/aromatic N) is 2. The highest BCUT2D eigenvalue weighted by atomic mass is 32.1. The molecule has 1 aromatic heterocycles. The molecule has 1 amide bonds. The first-order valence-corrected chi connectivity index (χ1v) is 6.76. The summed E-state index contributed by atoms with van der Waals surface area (Å²) in [5.74, 6) is 5.70. The Morgan fingerprint density at radius 2 is 2.11 bits per heavy atom. The van der Waals surface area contributed by atoms with Crippen molar-refractivity contribution in [2.24, 2.45) is 5.84 Å². The van der Waals surface area contributed by atoms with Crippen LogP contribution in [0.1, 0.15) is 25.8 Å². The number of nitrogens with two attached hydrogens (primary N) is 1. The lowest BCUT2D eigenvalue weighted by atomic mass is 10.2. The number of benzene rings is 1. The number of para-hydroxylation sites is 1. The summed E-state index contributed by atoms with van der Waals surface area (Å²) in [6, 6.07) is 7.81. The van der Waals surface area contributed by atoms with Crippen molar-refractivity contribution in [1.82, 2.24) is 9.99 Å². The molecule has 0 saturated heterocycles. The SMILES string of the molecule is CC(C)(C)OC(=O)N(N)Cc1nc2ccccc2s1. The molecule has 0 aliphatic carbocycles. The molecule has 0 aliphatic heterocycles. The summed E-state index contributed by atoms with van der Waals surface area (Å²) in [6.07, 6.45) is -0.549. The summed E-state index contributed by atoms with van der Waals surface area (Å²) in [5.41, 5.74) is 0.363. The molecule has 0 atom stereocenters. The molecule has 19 heavy (non-hydrogen) atoms. The number of fused-ring (bicyclic) bond motifs is 1. The summed E-state index contributed by atoms with van der Waals surface area (Å²) in [6.45, 7) is 5.65. The smallest absolute Gasteiger partial charge is 0.424 e. The molecule has 0 aliphatic rings. The summed E-state index contributed by atoms with van der Waals surface area (Å²) >= 11 is 1.52. The largest absolute Gasteiger partial charge is 0.443 e. The van der Waals surface area contributed by atoms with Crippen LogP contribution in [0.5, 0.6) is 0 Å². The Morgan fingerprint density at radius 1 is 1.42 bits per heavy atom. The van der Waals surface area contributed by atoms with Gasteiger partial charge in [0.05, 0.1) is 16.8 Å². The van der Waals surface area contributed by atoms with Crippen molar-refractivity contribution in [1.29, 1.82) is 0 Å². The van der Waals surface area contributed by atoms with Gasteiger partial charge in [-0.1, -0.05) is 12.1 Å². The van der Waals surface area contributed by atoms with Gasteiger partial charge in [-0.25, -0.2) is 20.6 Å². The van der Waals surface area contributed by atoms with E-state index < -0.39 is 11.7 Å². The molecule has 0 unspecified atom stereocenters. The lowest BCUT2D eigenvalue weighted by molar-refractivity contribution is 0.0231. The molecule has 0 saturated carbocycles. The molecule has 5 nitrogen and oxygen atoms in total. The van der Waals surface area contributed by atoms with Crippen LogP contribution in [-0.2, 0) is 11.3 Å². The quantitative estimate of drug-likeness (QED) is 0.521. The fourth-order valence-corrected chi connectivity index (χ4v) is 2.48. The number of hydrogen-bond acceptors (Lipinski definition) is 5. The van der Waals surface area contributed by atoms with Crippen molar-refractivity contribution in [2.75, 3.05) is 0 Å². The molecular weight excluding hydrogens is 262 g/mol. The van der Waals surface area contributed by atoms with Gasteiger partial charge >= 0.3 is 6.09 Å². The first-order chi connectivity index (χ1) is 8.85.